The number of fused-ring (bicyclic) bond motifs is 1. The largest absolute Gasteiger partial charge is 0.347 e. The molecule has 2 aliphatic rings. The average Bonchev–Trinajstić information content (AvgIpc) is 3.41. The van der Waals surface area contributed by atoms with Crippen LogP contribution in [-0.2, 0) is 27.8 Å². The maximum Gasteiger partial charge on any atom is 0.243 e. The van der Waals surface area contributed by atoms with Crippen LogP contribution in [0.4, 0.5) is 5.69 Å². The summed E-state index contributed by atoms with van der Waals surface area (Å²) in [6, 6.07) is 26.5. The predicted molar refractivity (Wildman–Crippen MR) is 122 cm³/mol. The molecule has 31 heavy (non-hydrogen) atoms. The SMILES string of the molecule is O=C(CNC(=O)C1CC1(c1ccccc1)c1ccccc1)Nc1ccc2c(c1)CCC2. The van der Waals surface area contributed by atoms with Crippen molar-refractivity contribution in [2.75, 3.05) is 11.9 Å². The molecule has 4 heteroatoms. The normalized spacial score (nSPS) is 18.1. The monoisotopic (exact) mass is 410 g/mol. The van der Waals surface area contributed by atoms with Crippen molar-refractivity contribution in [1.29, 1.82) is 0 Å². The van der Waals surface area contributed by atoms with Crippen LogP contribution in [0, 0.1) is 5.92 Å². The highest BCUT2D eigenvalue weighted by atomic mass is 16.2. The first-order valence-corrected chi connectivity index (χ1v) is 11.0. The second kappa shape index (κ2) is 8.03. The van der Waals surface area contributed by atoms with Crippen LogP contribution < -0.4 is 10.6 Å². The lowest BCUT2D eigenvalue weighted by molar-refractivity contribution is -0.125. The summed E-state index contributed by atoms with van der Waals surface area (Å²) in [6.45, 7) is -0.0217. The number of benzene rings is 3. The first kappa shape index (κ1) is 19.6. The molecule has 2 aliphatic carbocycles. The third-order valence-corrected chi connectivity index (χ3v) is 6.66. The van der Waals surface area contributed by atoms with Crippen molar-refractivity contribution in [2.45, 2.75) is 31.1 Å². The van der Waals surface area contributed by atoms with Crippen molar-refractivity contribution in [3.63, 3.8) is 0 Å². The van der Waals surface area contributed by atoms with Gasteiger partial charge in [-0.2, -0.15) is 0 Å². The van der Waals surface area contributed by atoms with E-state index in [1.807, 2.05) is 42.5 Å². The lowest BCUT2D eigenvalue weighted by atomic mass is 9.85. The van der Waals surface area contributed by atoms with E-state index in [0.29, 0.717) is 0 Å². The molecule has 4 nitrogen and oxygen atoms in total. The smallest absolute Gasteiger partial charge is 0.243 e. The van der Waals surface area contributed by atoms with Gasteiger partial charge in [-0.25, -0.2) is 0 Å². The van der Waals surface area contributed by atoms with E-state index in [0.717, 1.165) is 36.1 Å². The van der Waals surface area contributed by atoms with Gasteiger partial charge in [-0.05, 0) is 60.1 Å². The van der Waals surface area contributed by atoms with E-state index in [9.17, 15) is 9.59 Å². The van der Waals surface area contributed by atoms with E-state index in [-0.39, 0.29) is 29.7 Å². The van der Waals surface area contributed by atoms with Gasteiger partial charge in [0.05, 0.1) is 12.5 Å². The van der Waals surface area contributed by atoms with E-state index in [4.69, 9.17) is 0 Å². The quantitative estimate of drug-likeness (QED) is 0.639. The maximum absolute atomic E-state index is 13.0. The molecule has 3 aromatic rings. The Bertz CT molecular complexity index is 1070. The lowest BCUT2D eigenvalue weighted by Crippen LogP contribution is -2.35. The molecule has 0 spiro atoms. The van der Waals surface area contributed by atoms with Gasteiger partial charge in [-0.1, -0.05) is 66.7 Å². The van der Waals surface area contributed by atoms with Crippen LogP contribution in [0.15, 0.2) is 78.9 Å². The molecule has 2 N–H and O–H groups in total. The summed E-state index contributed by atoms with van der Waals surface area (Å²) < 4.78 is 0. The highest BCUT2D eigenvalue weighted by Crippen LogP contribution is 2.58. The number of anilines is 1. The first-order chi connectivity index (χ1) is 15.2. The number of nitrogens with one attached hydrogen (secondary N) is 2. The van der Waals surface area contributed by atoms with Crippen LogP contribution in [0.1, 0.15) is 35.1 Å². The fourth-order valence-electron chi connectivity index (χ4n) is 5.00. The van der Waals surface area contributed by atoms with Crippen molar-refractivity contribution >= 4 is 17.5 Å². The molecular formula is C27H26N2O2. The van der Waals surface area contributed by atoms with E-state index in [2.05, 4.69) is 47.0 Å². The van der Waals surface area contributed by atoms with E-state index < -0.39 is 0 Å². The van der Waals surface area contributed by atoms with Crippen LogP contribution in [-0.4, -0.2) is 18.4 Å². The number of hydrogen-bond donors (Lipinski definition) is 2. The van der Waals surface area contributed by atoms with Crippen molar-refractivity contribution in [3.8, 4) is 0 Å². The van der Waals surface area contributed by atoms with Crippen LogP contribution in [0.5, 0.6) is 0 Å². The second-order valence-electron chi connectivity index (χ2n) is 8.56. The molecule has 1 saturated carbocycles. The van der Waals surface area contributed by atoms with Gasteiger partial charge in [0.25, 0.3) is 0 Å². The molecule has 0 heterocycles. The van der Waals surface area contributed by atoms with Crippen LogP contribution in [0.2, 0.25) is 0 Å². The molecule has 0 aromatic heterocycles. The molecule has 0 radical (unpaired) electrons. The molecular weight excluding hydrogens is 384 g/mol. The fraction of sp³-hybridized carbons (Fsp3) is 0.259. The average molecular weight is 411 g/mol. The van der Waals surface area contributed by atoms with Gasteiger partial charge in [-0.15, -0.1) is 0 Å². The van der Waals surface area contributed by atoms with E-state index >= 15 is 0 Å². The third kappa shape index (κ3) is 3.74. The molecule has 1 unspecified atom stereocenters. The fourth-order valence-corrected chi connectivity index (χ4v) is 5.00. The summed E-state index contributed by atoms with van der Waals surface area (Å²) >= 11 is 0. The zero-order chi connectivity index (χ0) is 21.3. The summed E-state index contributed by atoms with van der Waals surface area (Å²) in [5.41, 5.74) is 5.46. The number of carbonyl (C=O) groups is 2. The Morgan fingerprint density at radius 3 is 2.16 bits per heavy atom. The van der Waals surface area contributed by atoms with Crippen molar-refractivity contribution in [3.05, 3.63) is 101 Å². The van der Waals surface area contributed by atoms with Gasteiger partial charge in [0.2, 0.25) is 11.8 Å². The number of carbonyl (C=O) groups excluding carboxylic acids is 2. The second-order valence-corrected chi connectivity index (χ2v) is 8.56. The van der Waals surface area contributed by atoms with E-state index in [1.54, 1.807) is 0 Å². The Labute approximate surface area is 182 Å². The van der Waals surface area contributed by atoms with Gasteiger partial charge in [0, 0.05) is 11.1 Å². The molecule has 5 rings (SSSR count). The van der Waals surface area contributed by atoms with Gasteiger partial charge in [-0.3, -0.25) is 9.59 Å². The summed E-state index contributed by atoms with van der Waals surface area (Å²) in [7, 11) is 0. The molecule has 0 bridgehead atoms. The molecule has 0 saturated heterocycles. The Kier molecular flexibility index (Phi) is 5.06. The Morgan fingerprint density at radius 2 is 1.48 bits per heavy atom. The van der Waals surface area contributed by atoms with Gasteiger partial charge < -0.3 is 10.6 Å². The summed E-state index contributed by atoms with van der Waals surface area (Å²) in [4.78, 5) is 25.4. The zero-order valence-corrected chi connectivity index (χ0v) is 17.4. The highest BCUT2D eigenvalue weighted by molar-refractivity contribution is 5.96. The van der Waals surface area contributed by atoms with E-state index in [1.165, 1.54) is 17.5 Å². The maximum atomic E-state index is 13.0. The van der Waals surface area contributed by atoms with Crippen molar-refractivity contribution < 1.29 is 9.59 Å². The highest BCUT2D eigenvalue weighted by Gasteiger charge is 2.60. The van der Waals surface area contributed by atoms with Crippen LogP contribution in [0.3, 0.4) is 0 Å². The molecule has 0 aliphatic heterocycles. The number of aryl methyl sites for hydroxylation is 2. The number of amides is 2. The molecule has 2 amide bonds. The minimum Gasteiger partial charge on any atom is -0.347 e. The summed E-state index contributed by atoms with van der Waals surface area (Å²) in [6.07, 6.45) is 4.11. The topological polar surface area (TPSA) is 58.2 Å². The Hall–Kier alpha value is -3.40. The third-order valence-electron chi connectivity index (χ3n) is 6.66. The van der Waals surface area contributed by atoms with Gasteiger partial charge in [0.15, 0.2) is 0 Å². The van der Waals surface area contributed by atoms with Crippen molar-refractivity contribution in [2.24, 2.45) is 5.92 Å². The lowest BCUT2D eigenvalue weighted by Gasteiger charge is -2.19. The zero-order valence-electron chi connectivity index (χ0n) is 17.4. The van der Waals surface area contributed by atoms with Crippen LogP contribution in [0.25, 0.3) is 0 Å². The Balaban J connectivity index is 1.25. The number of hydrogen-bond acceptors (Lipinski definition) is 2. The van der Waals surface area contributed by atoms with Gasteiger partial charge >= 0.3 is 0 Å². The molecule has 3 aromatic carbocycles. The van der Waals surface area contributed by atoms with Gasteiger partial charge in [0.1, 0.15) is 0 Å². The molecule has 156 valence electrons. The Morgan fingerprint density at radius 1 is 0.839 bits per heavy atom. The number of rotatable bonds is 6. The minimum absolute atomic E-state index is 0.0217. The van der Waals surface area contributed by atoms with Crippen LogP contribution >= 0.6 is 0 Å². The predicted octanol–water partition coefficient (Wildman–Crippen LogP) is 4.24. The molecule has 1 fully saturated rings. The first-order valence-electron chi connectivity index (χ1n) is 11.0. The molecule has 1 atom stereocenters. The minimum atomic E-state index is -0.316. The van der Waals surface area contributed by atoms with Crippen molar-refractivity contribution in [1.82, 2.24) is 5.32 Å². The summed E-state index contributed by atoms with van der Waals surface area (Å²) in [5, 5.41) is 5.78. The summed E-state index contributed by atoms with van der Waals surface area (Å²) in [5.74, 6) is -0.445. The standard InChI is InChI=1S/C27H26N2O2/c30-25(29-23-15-14-19-8-7-9-20(19)16-23)18-28-26(31)24-17-27(24,21-10-3-1-4-11-21)22-12-5-2-6-13-22/h1-6,10-16,24H,7-9,17-18H2,(H,28,31)(H,29,30).